The maximum Gasteiger partial charge on any atom is 0.271 e. The smallest absolute Gasteiger partial charge is 0.271 e. The molecule has 0 radical (unpaired) electrons. The third-order valence-corrected chi connectivity index (χ3v) is 7.28. The number of fused-ring (bicyclic) bond motifs is 1. The fourth-order valence-corrected chi connectivity index (χ4v) is 4.88. The van der Waals surface area contributed by atoms with Gasteiger partial charge < -0.3 is 14.7 Å². The third-order valence-electron chi connectivity index (χ3n) is 6.73. The number of carbonyl (C=O) groups is 1. The fraction of sp³-hybridized carbons (Fsp3) is 0.200. The quantitative estimate of drug-likeness (QED) is 0.201. The van der Waals surface area contributed by atoms with Crippen LogP contribution in [-0.2, 0) is 0 Å². The first-order valence-electron chi connectivity index (χ1n) is 12.7. The summed E-state index contributed by atoms with van der Waals surface area (Å²) >= 11 is 11.9. The summed E-state index contributed by atoms with van der Waals surface area (Å²) in [6, 6.07) is 24.1. The van der Waals surface area contributed by atoms with Gasteiger partial charge in [-0.25, -0.2) is 5.43 Å². The lowest BCUT2D eigenvalue weighted by atomic mass is 10.0. The highest BCUT2D eigenvalue weighted by molar-refractivity contribution is 6.32. The molecule has 1 amide bonds. The van der Waals surface area contributed by atoms with E-state index in [1.54, 1.807) is 6.21 Å². The Hall–Kier alpha value is -3.78. The number of hydrogen-bond donors (Lipinski definition) is 2. The van der Waals surface area contributed by atoms with E-state index in [-0.39, 0.29) is 12.2 Å². The van der Waals surface area contributed by atoms with Crippen LogP contribution in [0.1, 0.15) is 17.3 Å². The van der Waals surface area contributed by atoms with Crippen LogP contribution in [0.5, 0.6) is 11.5 Å². The monoisotopic (exact) mass is 564 g/mol. The second-order valence-electron chi connectivity index (χ2n) is 9.22. The van der Waals surface area contributed by atoms with Gasteiger partial charge >= 0.3 is 0 Å². The number of halogens is 2. The molecule has 202 valence electrons. The molecule has 5 rings (SSSR count). The molecule has 7 nitrogen and oxygen atoms in total. The average Bonchev–Trinajstić information content (AvgIpc) is 2.96. The second kappa shape index (κ2) is 12.4. The summed E-state index contributed by atoms with van der Waals surface area (Å²) in [5.41, 5.74) is 4.86. The zero-order chi connectivity index (χ0) is 27.2. The van der Waals surface area contributed by atoms with Crippen molar-refractivity contribution in [3.05, 3.63) is 100 Å². The van der Waals surface area contributed by atoms with Crippen molar-refractivity contribution in [2.24, 2.45) is 5.10 Å². The standard InChI is InChI=1S/C30H28Cl2N4O3.H2/c31-23-7-9-24(10-8-23)36-15-13-35(14-16-36)17-18-39-29-12-6-22(25-3-1-2-4-26(25)29)20-33-34-30(38)21-5-11-28(37)27(32)19-21;/h1-12,19-20,37H,13-18H2,(H,34,38);1H/b33-20+;. The van der Waals surface area contributed by atoms with Crippen LogP contribution in [0.4, 0.5) is 5.69 Å². The fourth-order valence-electron chi connectivity index (χ4n) is 4.57. The molecule has 1 saturated heterocycles. The van der Waals surface area contributed by atoms with E-state index < -0.39 is 5.91 Å². The van der Waals surface area contributed by atoms with Gasteiger partial charge in [-0.1, -0.05) is 47.5 Å². The van der Waals surface area contributed by atoms with Gasteiger partial charge in [-0.05, 0) is 60.0 Å². The van der Waals surface area contributed by atoms with Gasteiger partial charge in [0.15, 0.2) is 0 Å². The number of hydrazone groups is 1. The van der Waals surface area contributed by atoms with Gasteiger partial charge in [0.25, 0.3) is 5.91 Å². The van der Waals surface area contributed by atoms with Crippen molar-refractivity contribution in [1.82, 2.24) is 10.3 Å². The van der Waals surface area contributed by atoms with Crippen molar-refractivity contribution in [1.29, 1.82) is 0 Å². The Balaban J connectivity index is 0.00000370. The van der Waals surface area contributed by atoms with Gasteiger partial charge in [0.1, 0.15) is 18.1 Å². The van der Waals surface area contributed by atoms with E-state index in [9.17, 15) is 9.90 Å². The molecule has 4 aromatic rings. The lowest BCUT2D eigenvalue weighted by Crippen LogP contribution is -2.47. The number of aromatic hydroxyl groups is 1. The van der Waals surface area contributed by atoms with Crippen LogP contribution < -0.4 is 15.1 Å². The van der Waals surface area contributed by atoms with Crippen LogP contribution in [0.3, 0.4) is 0 Å². The van der Waals surface area contributed by atoms with Gasteiger partial charge in [0, 0.05) is 61.4 Å². The first-order valence-corrected chi connectivity index (χ1v) is 13.4. The van der Waals surface area contributed by atoms with Crippen molar-refractivity contribution in [3.8, 4) is 11.5 Å². The Labute approximate surface area is 238 Å². The highest BCUT2D eigenvalue weighted by Crippen LogP contribution is 2.28. The second-order valence-corrected chi connectivity index (χ2v) is 10.1. The normalized spacial score (nSPS) is 14.2. The summed E-state index contributed by atoms with van der Waals surface area (Å²) < 4.78 is 6.21. The molecule has 4 aromatic carbocycles. The number of anilines is 1. The topological polar surface area (TPSA) is 77.4 Å². The van der Waals surface area contributed by atoms with Crippen molar-refractivity contribution < 1.29 is 16.1 Å². The zero-order valence-corrected chi connectivity index (χ0v) is 22.7. The number of piperazine rings is 1. The number of ether oxygens (including phenoxy) is 1. The first kappa shape index (κ1) is 26.8. The molecule has 1 fully saturated rings. The number of carbonyl (C=O) groups excluding carboxylic acids is 1. The predicted octanol–water partition coefficient (Wildman–Crippen LogP) is 6.06. The lowest BCUT2D eigenvalue weighted by molar-refractivity contribution is 0.0955. The SMILES string of the molecule is O=C(N/N=C/c1ccc(OCCN2CCN(c3ccc(Cl)cc3)CC2)c2ccccc12)c1ccc(O)c(Cl)c1.[HH]. The summed E-state index contributed by atoms with van der Waals surface area (Å²) in [5.74, 6) is 0.305. The molecule has 0 spiro atoms. The Bertz CT molecular complexity index is 1490. The van der Waals surface area contributed by atoms with Gasteiger partial charge in [0.05, 0.1) is 11.2 Å². The number of rotatable bonds is 8. The highest BCUT2D eigenvalue weighted by atomic mass is 35.5. The zero-order valence-electron chi connectivity index (χ0n) is 21.2. The summed E-state index contributed by atoms with van der Waals surface area (Å²) in [5, 5.41) is 16.5. The molecule has 39 heavy (non-hydrogen) atoms. The molecule has 1 aliphatic heterocycles. The molecule has 0 unspecified atom stereocenters. The number of benzene rings is 4. The molecule has 2 N–H and O–H groups in total. The van der Waals surface area contributed by atoms with Crippen molar-refractivity contribution in [2.45, 2.75) is 0 Å². The summed E-state index contributed by atoms with van der Waals surface area (Å²) in [6.07, 6.45) is 1.60. The number of phenolic OH excluding ortho intramolecular Hbond substituents is 1. The lowest BCUT2D eigenvalue weighted by Gasteiger charge is -2.36. The first-order chi connectivity index (χ1) is 19.0. The van der Waals surface area contributed by atoms with E-state index in [1.807, 2.05) is 48.5 Å². The van der Waals surface area contributed by atoms with Gasteiger partial charge in [-0.15, -0.1) is 0 Å². The molecule has 0 saturated carbocycles. The van der Waals surface area contributed by atoms with E-state index in [4.69, 9.17) is 27.9 Å². The van der Waals surface area contributed by atoms with Crippen LogP contribution in [0.25, 0.3) is 10.8 Å². The van der Waals surface area contributed by atoms with E-state index >= 15 is 0 Å². The van der Waals surface area contributed by atoms with Crippen LogP contribution >= 0.6 is 23.2 Å². The number of nitrogens with zero attached hydrogens (tertiary/aromatic N) is 3. The summed E-state index contributed by atoms with van der Waals surface area (Å²) in [6.45, 7) is 5.32. The molecule has 0 atom stereocenters. The highest BCUT2D eigenvalue weighted by Gasteiger charge is 2.17. The molecule has 1 aliphatic rings. The van der Waals surface area contributed by atoms with Crippen molar-refractivity contribution in [2.75, 3.05) is 44.2 Å². The number of phenols is 1. The minimum absolute atomic E-state index is 0. The number of nitrogens with one attached hydrogen (secondary N) is 1. The number of amides is 1. The Morgan fingerprint density at radius 2 is 1.72 bits per heavy atom. The molecule has 9 heteroatoms. The minimum atomic E-state index is -0.425. The maximum atomic E-state index is 12.4. The largest absolute Gasteiger partial charge is 0.506 e. The predicted molar refractivity (Wildman–Crippen MR) is 160 cm³/mol. The van der Waals surface area contributed by atoms with E-state index in [0.29, 0.717) is 12.2 Å². The Morgan fingerprint density at radius 3 is 2.46 bits per heavy atom. The molecule has 1 heterocycles. The summed E-state index contributed by atoms with van der Waals surface area (Å²) in [4.78, 5) is 17.2. The van der Waals surface area contributed by atoms with Gasteiger partial charge in [-0.3, -0.25) is 9.69 Å². The molecule has 0 bridgehead atoms. The van der Waals surface area contributed by atoms with Crippen LogP contribution in [0, 0.1) is 0 Å². The molecule has 0 aromatic heterocycles. The number of hydrogen-bond acceptors (Lipinski definition) is 6. The van der Waals surface area contributed by atoms with Crippen LogP contribution in [-0.4, -0.2) is 61.5 Å². The van der Waals surface area contributed by atoms with E-state index in [0.717, 1.165) is 59.8 Å². The van der Waals surface area contributed by atoms with Crippen LogP contribution in [0.2, 0.25) is 10.0 Å². The summed E-state index contributed by atoms with van der Waals surface area (Å²) in [7, 11) is 0. The van der Waals surface area contributed by atoms with E-state index in [1.165, 1.54) is 23.9 Å². The molecular weight excluding hydrogens is 535 g/mol. The molecule has 0 aliphatic carbocycles. The van der Waals surface area contributed by atoms with E-state index in [2.05, 4.69) is 32.5 Å². The third kappa shape index (κ3) is 6.63. The minimum Gasteiger partial charge on any atom is -0.506 e. The maximum absolute atomic E-state index is 12.4. The average molecular weight is 566 g/mol. The van der Waals surface area contributed by atoms with Gasteiger partial charge in [-0.2, -0.15) is 5.10 Å². The molecular formula is C30H30Cl2N4O3. The Kier molecular flexibility index (Phi) is 8.51. The van der Waals surface area contributed by atoms with Crippen LogP contribution in [0.15, 0.2) is 84.0 Å². The van der Waals surface area contributed by atoms with Gasteiger partial charge in [0.2, 0.25) is 0 Å². The van der Waals surface area contributed by atoms with Crippen molar-refractivity contribution >= 4 is 51.8 Å². The Morgan fingerprint density at radius 1 is 0.974 bits per heavy atom. The van der Waals surface area contributed by atoms with Crippen molar-refractivity contribution in [3.63, 3.8) is 0 Å².